The van der Waals surface area contributed by atoms with E-state index in [-0.39, 0.29) is 5.41 Å². The maximum absolute atomic E-state index is 7.32. The Hall–Kier alpha value is -7.94. The average Bonchev–Trinajstić information content (AvgIpc) is 3.46. The van der Waals surface area contributed by atoms with Gasteiger partial charge >= 0.3 is 0 Å². The number of fused-ring (bicyclic) bond motifs is 10. The van der Waals surface area contributed by atoms with Crippen LogP contribution >= 0.6 is 0 Å². The van der Waals surface area contributed by atoms with E-state index in [1.165, 1.54) is 50.1 Å². The highest BCUT2D eigenvalue weighted by atomic mass is 16.5. The maximum atomic E-state index is 7.32. The quantitative estimate of drug-likeness (QED) is 0.166. The van der Waals surface area contributed by atoms with Crippen LogP contribution in [0.15, 0.2) is 224 Å². The summed E-state index contributed by atoms with van der Waals surface area (Å²) in [5.41, 5.74) is 19.9. The Morgan fingerprint density at radius 2 is 0.857 bits per heavy atom. The van der Waals surface area contributed by atoms with Gasteiger partial charge in [0.25, 0.3) is 0 Å². The van der Waals surface area contributed by atoms with E-state index in [1.54, 1.807) is 0 Å². The zero-order valence-corrected chi connectivity index (χ0v) is 35.2. The Morgan fingerprint density at radius 1 is 0.333 bits per heavy atom. The maximum Gasteiger partial charge on any atom is 0.143 e. The molecule has 0 N–H and O–H groups in total. The molecule has 0 amide bonds. The van der Waals surface area contributed by atoms with Crippen LogP contribution in [0.5, 0.6) is 11.5 Å². The number of hydrogen-bond acceptors (Lipinski definition) is 2. The Balaban J connectivity index is 1.01. The summed E-state index contributed by atoms with van der Waals surface area (Å²) in [6.45, 7) is 4.70. The molecule has 10 aromatic rings. The van der Waals surface area contributed by atoms with Crippen LogP contribution in [-0.4, -0.2) is 0 Å². The van der Waals surface area contributed by atoms with Crippen molar-refractivity contribution in [2.24, 2.45) is 0 Å². The summed E-state index contributed by atoms with van der Waals surface area (Å²) in [5.74, 6) is 1.74. The zero-order valence-electron chi connectivity index (χ0n) is 35.2. The third kappa shape index (κ3) is 6.02. The summed E-state index contributed by atoms with van der Waals surface area (Å²) < 4.78 is 7.32. The fourth-order valence-corrected chi connectivity index (χ4v) is 10.2. The molecule has 298 valence electrons. The highest BCUT2D eigenvalue weighted by Crippen LogP contribution is 2.55. The van der Waals surface area contributed by atoms with Crippen LogP contribution in [0.3, 0.4) is 0 Å². The molecule has 2 aliphatic rings. The number of rotatable bonds is 6. The number of benzene rings is 10. The van der Waals surface area contributed by atoms with E-state index in [0.717, 1.165) is 67.2 Å². The molecule has 63 heavy (non-hydrogen) atoms. The van der Waals surface area contributed by atoms with Crippen molar-refractivity contribution in [3.8, 4) is 78.3 Å². The molecule has 0 aromatic heterocycles. The number of para-hydroxylation sites is 1. The molecular weight excluding hydrogens is 763 g/mol. The lowest BCUT2D eigenvalue weighted by Gasteiger charge is -2.28. The molecule has 1 aliphatic heterocycles. The van der Waals surface area contributed by atoms with Crippen LogP contribution in [-0.2, 0) is 5.41 Å². The molecule has 0 fully saturated rings. The molecular formula is C61H43NO. The van der Waals surface area contributed by atoms with Gasteiger partial charge < -0.3 is 9.64 Å². The summed E-state index contributed by atoms with van der Waals surface area (Å²) in [7, 11) is 0. The van der Waals surface area contributed by atoms with Crippen molar-refractivity contribution >= 4 is 27.8 Å². The molecule has 2 nitrogen and oxygen atoms in total. The second-order valence-electron chi connectivity index (χ2n) is 17.2. The fourth-order valence-electron chi connectivity index (χ4n) is 10.2. The summed E-state index contributed by atoms with van der Waals surface area (Å²) in [4.78, 5) is 2.39. The lowest BCUT2D eigenvalue weighted by atomic mass is 9.82. The van der Waals surface area contributed by atoms with Crippen molar-refractivity contribution in [3.05, 3.63) is 236 Å². The molecule has 0 spiro atoms. The van der Waals surface area contributed by atoms with E-state index in [2.05, 4.69) is 243 Å². The summed E-state index contributed by atoms with van der Waals surface area (Å²) in [6, 6.07) is 81.4. The topological polar surface area (TPSA) is 12.5 Å². The molecule has 0 saturated carbocycles. The Kier molecular flexibility index (Phi) is 8.55. The average molecular weight is 806 g/mol. The normalized spacial score (nSPS) is 12.9. The Bertz CT molecular complexity index is 3370. The van der Waals surface area contributed by atoms with E-state index in [0.29, 0.717) is 0 Å². The molecule has 0 unspecified atom stereocenters. The fraction of sp³-hybridized carbons (Fsp3) is 0.0492. The van der Waals surface area contributed by atoms with Crippen LogP contribution in [0, 0.1) is 0 Å². The number of hydrogen-bond donors (Lipinski definition) is 0. The van der Waals surface area contributed by atoms with Crippen LogP contribution in [0.4, 0.5) is 17.1 Å². The van der Waals surface area contributed by atoms with Gasteiger partial charge in [0, 0.05) is 50.1 Å². The molecule has 0 atom stereocenters. The number of anilines is 3. The van der Waals surface area contributed by atoms with Crippen LogP contribution in [0.25, 0.3) is 77.5 Å². The standard InChI is InChI=1S/C61H43NO/c1-61(2)56-26-12-11-21-51(56)52-38-36-47(39-57(52)61)62(45-32-27-41(28-33-45)40-15-5-3-6-16-40)46-34-29-44(30-35-46)50-23-14-25-55-58-48(42-17-7-4-8-18-42)22-13-24-53(58)54-37-31-43-19-9-10-20-49(43)59(54)63-60(50)55/h3-39H,1-2H3. The van der Waals surface area contributed by atoms with E-state index >= 15 is 0 Å². The monoisotopic (exact) mass is 805 g/mol. The molecule has 0 saturated heterocycles. The minimum absolute atomic E-state index is 0.122. The molecule has 12 rings (SSSR count). The SMILES string of the molecule is CC1(C)c2ccccc2-c2ccc(N(c3ccc(-c4ccccc4)cc3)c3ccc(-c4cccc5c4Oc4c(ccc6ccccc46)-c4cccc(-c6ccccc6)c4-5)cc3)cc21. The van der Waals surface area contributed by atoms with Crippen molar-refractivity contribution in [1.82, 2.24) is 0 Å². The molecule has 0 radical (unpaired) electrons. The van der Waals surface area contributed by atoms with Crippen molar-refractivity contribution in [2.75, 3.05) is 4.90 Å². The van der Waals surface area contributed by atoms with Crippen LogP contribution < -0.4 is 9.64 Å². The first-order chi connectivity index (χ1) is 31.0. The van der Waals surface area contributed by atoms with E-state index in [1.807, 2.05) is 0 Å². The smallest absolute Gasteiger partial charge is 0.143 e. The van der Waals surface area contributed by atoms with Crippen LogP contribution in [0.1, 0.15) is 25.0 Å². The highest BCUT2D eigenvalue weighted by Gasteiger charge is 2.36. The van der Waals surface area contributed by atoms with Gasteiger partial charge in [-0.25, -0.2) is 0 Å². The summed E-state index contributed by atoms with van der Waals surface area (Å²) in [6.07, 6.45) is 0. The lowest BCUT2D eigenvalue weighted by Crippen LogP contribution is -2.16. The first-order valence-corrected chi connectivity index (χ1v) is 21.8. The van der Waals surface area contributed by atoms with Crippen LogP contribution in [0.2, 0.25) is 0 Å². The second kappa shape index (κ2) is 14.6. The first kappa shape index (κ1) is 36.9. The Morgan fingerprint density at radius 3 is 1.62 bits per heavy atom. The molecule has 0 bridgehead atoms. The minimum Gasteiger partial charge on any atom is -0.455 e. The summed E-state index contributed by atoms with van der Waals surface area (Å²) >= 11 is 0. The predicted molar refractivity (Wildman–Crippen MR) is 263 cm³/mol. The van der Waals surface area contributed by atoms with Gasteiger partial charge in [0.05, 0.1) is 0 Å². The second-order valence-corrected chi connectivity index (χ2v) is 17.2. The predicted octanol–water partition coefficient (Wildman–Crippen LogP) is 17.1. The molecule has 1 heterocycles. The number of ether oxygens (including phenoxy) is 1. The minimum atomic E-state index is -0.122. The highest BCUT2D eigenvalue weighted by molar-refractivity contribution is 6.05. The Labute approximate surface area is 369 Å². The third-order valence-electron chi connectivity index (χ3n) is 13.3. The van der Waals surface area contributed by atoms with Gasteiger partial charge in [-0.2, -0.15) is 0 Å². The van der Waals surface area contributed by atoms with Crippen molar-refractivity contribution in [1.29, 1.82) is 0 Å². The lowest BCUT2D eigenvalue weighted by molar-refractivity contribution is 0.495. The first-order valence-electron chi connectivity index (χ1n) is 21.8. The molecule has 10 aromatic carbocycles. The van der Waals surface area contributed by atoms with Gasteiger partial charge in [-0.15, -0.1) is 0 Å². The van der Waals surface area contributed by atoms with E-state index in [4.69, 9.17) is 4.74 Å². The third-order valence-corrected chi connectivity index (χ3v) is 13.3. The molecule has 2 heteroatoms. The largest absolute Gasteiger partial charge is 0.455 e. The number of nitrogens with zero attached hydrogens (tertiary/aromatic N) is 1. The van der Waals surface area contributed by atoms with Gasteiger partial charge in [-0.05, 0) is 103 Å². The van der Waals surface area contributed by atoms with Crippen molar-refractivity contribution in [2.45, 2.75) is 19.3 Å². The molecule has 1 aliphatic carbocycles. The van der Waals surface area contributed by atoms with Gasteiger partial charge in [0.2, 0.25) is 0 Å². The summed E-state index contributed by atoms with van der Waals surface area (Å²) in [5, 5.41) is 2.25. The zero-order chi connectivity index (χ0) is 42.1. The van der Waals surface area contributed by atoms with Gasteiger partial charge in [0.15, 0.2) is 0 Å². The van der Waals surface area contributed by atoms with Gasteiger partial charge in [-0.1, -0.05) is 196 Å². The van der Waals surface area contributed by atoms with Crippen molar-refractivity contribution < 1.29 is 4.74 Å². The van der Waals surface area contributed by atoms with Crippen molar-refractivity contribution in [3.63, 3.8) is 0 Å². The van der Waals surface area contributed by atoms with Gasteiger partial charge in [0.1, 0.15) is 11.5 Å². The van der Waals surface area contributed by atoms with E-state index < -0.39 is 0 Å². The van der Waals surface area contributed by atoms with E-state index in [9.17, 15) is 0 Å². The van der Waals surface area contributed by atoms with Gasteiger partial charge in [-0.3, -0.25) is 0 Å².